The molecule has 3 rings (SSSR count). The number of nitrogens with zero attached hydrogens (tertiary/aromatic N) is 2. The van der Waals surface area contributed by atoms with Gasteiger partial charge >= 0.3 is 0 Å². The Balaban J connectivity index is 1.62. The smallest absolute Gasteiger partial charge is 0.242 e. The van der Waals surface area contributed by atoms with Crippen LogP contribution in [-0.4, -0.2) is 38.1 Å². The van der Waals surface area contributed by atoms with Crippen molar-refractivity contribution in [3.05, 3.63) is 59.7 Å². The average Bonchev–Trinajstić information content (AvgIpc) is 2.62. The largest absolute Gasteiger partial charge is 0.497 e. The Morgan fingerprint density at radius 2 is 1.92 bits per heavy atom. The fraction of sp³-hybridized carbons (Fsp3) is 0.350. The average molecular weight is 324 g/mol. The number of anilines is 1. The van der Waals surface area contributed by atoms with Crippen molar-refractivity contribution in [3.8, 4) is 5.75 Å². The first-order valence-electron chi connectivity index (χ1n) is 8.37. The highest BCUT2D eigenvalue weighted by atomic mass is 16.5. The minimum atomic E-state index is 0.141. The summed E-state index contributed by atoms with van der Waals surface area (Å²) >= 11 is 0. The Labute approximate surface area is 143 Å². The van der Waals surface area contributed by atoms with Crippen molar-refractivity contribution >= 4 is 11.6 Å². The highest BCUT2D eigenvalue weighted by Gasteiger charge is 2.20. The van der Waals surface area contributed by atoms with Crippen LogP contribution in [0.3, 0.4) is 0 Å². The Morgan fingerprint density at radius 1 is 1.17 bits per heavy atom. The molecule has 0 saturated carbocycles. The number of hydrogen-bond acceptors (Lipinski definition) is 3. The van der Waals surface area contributed by atoms with Crippen LogP contribution in [0.2, 0.25) is 0 Å². The maximum absolute atomic E-state index is 12.6. The van der Waals surface area contributed by atoms with Gasteiger partial charge in [-0.05, 0) is 42.2 Å². The van der Waals surface area contributed by atoms with Crippen molar-refractivity contribution in [1.82, 2.24) is 4.90 Å². The van der Waals surface area contributed by atoms with Crippen LogP contribution in [0, 0.1) is 0 Å². The first kappa shape index (κ1) is 16.4. The molecule has 1 aliphatic rings. The van der Waals surface area contributed by atoms with Gasteiger partial charge in [-0.1, -0.05) is 30.3 Å². The van der Waals surface area contributed by atoms with Gasteiger partial charge in [-0.3, -0.25) is 4.79 Å². The number of amides is 1. The second-order valence-corrected chi connectivity index (χ2v) is 6.25. The van der Waals surface area contributed by atoms with Crippen molar-refractivity contribution < 1.29 is 9.53 Å². The predicted molar refractivity (Wildman–Crippen MR) is 96.4 cm³/mol. The van der Waals surface area contributed by atoms with E-state index in [9.17, 15) is 4.79 Å². The fourth-order valence-corrected chi connectivity index (χ4v) is 3.15. The molecule has 0 saturated heterocycles. The van der Waals surface area contributed by atoms with Gasteiger partial charge in [0.15, 0.2) is 0 Å². The first-order valence-corrected chi connectivity index (χ1v) is 8.37. The monoisotopic (exact) mass is 324 g/mol. The number of ether oxygens (including phenoxy) is 1. The summed E-state index contributed by atoms with van der Waals surface area (Å²) in [6.07, 6.45) is 2.20. The van der Waals surface area contributed by atoms with Gasteiger partial charge in [-0.15, -0.1) is 0 Å². The third-order valence-electron chi connectivity index (χ3n) is 4.54. The zero-order valence-corrected chi connectivity index (χ0v) is 14.4. The van der Waals surface area contributed by atoms with Gasteiger partial charge in [0.25, 0.3) is 0 Å². The van der Waals surface area contributed by atoms with E-state index < -0.39 is 0 Å². The molecule has 0 atom stereocenters. The second kappa shape index (κ2) is 7.39. The summed E-state index contributed by atoms with van der Waals surface area (Å²) in [5.41, 5.74) is 3.65. The molecule has 24 heavy (non-hydrogen) atoms. The number of benzene rings is 2. The second-order valence-electron chi connectivity index (χ2n) is 6.25. The van der Waals surface area contributed by atoms with Crippen molar-refractivity contribution in [2.75, 3.05) is 32.1 Å². The maximum atomic E-state index is 12.6. The molecule has 2 aromatic rings. The zero-order chi connectivity index (χ0) is 16.9. The van der Waals surface area contributed by atoms with Crippen molar-refractivity contribution in [2.24, 2.45) is 0 Å². The van der Waals surface area contributed by atoms with Crippen LogP contribution in [0.4, 0.5) is 5.69 Å². The lowest BCUT2D eigenvalue weighted by Crippen LogP contribution is -2.40. The van der Waals surface area contributed by atoms with Crippen LogP contribution in [0.25, 0.3) is 0 Å². The Morgan fingerprint density at radius 3 is 2.67 bits per heavy atom. The minimum Gasteiger partial charge on any atom is -0.497 e. The number of aryl methyl sites for hydroxylation is 1. The van der Waals surface area contributed by atoms with Crippen molar-refractivity contribution in [2.45, 2.75) is 19.4 Å². The van der Waals surface area contributed by atoms with E-state index in [4.69, 9.17) is 4.74 Å². The molecule has 2 aromatic carbocycles. The molecule has 4 heteroatoms. The highest BCUT2D eigenvalue weighted by Crippen LogP contribution is 2.26. The third kappa shape index (κ3) is 3.70. The Hall–Kier alpha value is -2.49. The molecule has 0 aliphatic carbocycles. The summed E-state index contributed by atoms with van der Waals surface area (Å²) in [4.78, 5) is 16.6. The number of para-hydroxylation sites is 1. The fourth-order valence-electron chi connectivity index (χ4n) is 3.15. The normalized spacial score (nSPS) is 13.3. The summed E-state index contributed by atoms with van der Waals surface area (Å²) in [6.45, 7) is 1.99. The molecule has 0 N–H and O–H groups in total. The summed E-state index contributed by atoms with van der Waals surface area (Å²) in [5, 5.41) is 0. The van der Waals surface area contributed by atoms with Gasteiger partial charge < -0.3 is 14.5 Å². The van der Waals surface area contributed by atoms with E-state index in [2.05, 4.69) is 23.1 Å². The van der Waals surface area contributed by atoms with Crippen molar-refractivity contribution in [1.29, 1.82) is 0 Å². The van der Waals surface area contributed by atoms with E-state index >= 15 is 0 Å². The van der Waals surface area contributed by atoms with E-state index in [0.717, 1.165) is 30.7 Å². The molecular formula is C20H24N2O2. The molecule has 0 bridgehead atoms. The van der Waals surface area contributed by atoms with Gasteiger partial charge in [-0.2, -0.15) is 0 Å². The highest BCUT2D eigenvalue weighted by molar-refractivity contribution is 5.81. The molecule has 0 radical (unpaired) electrons. The van der Waals surface area contributed by atoms with E-state index in [1.54, 1.807) is 12.0 Å². The van der Waals surface area contributed by atoms with Gasteiger partial charge in [0, 0.05) is 25.8 Å². The maximum Gasteiger partial charge on any atom is 0.242 e. The number of likely N-dealkylation sites (N-methyl/N-ethyl adjacent to an activating group) is 1. The minimum absolute atomic E-state index is 0.141. The molecular weight excluding hydrogens is 300 g/mol. The van der Waals surface area contributed by atoms with E-state index in [1.807, 2.05) is 37.4 Å². The molecule has 4 nitrogen and oxygen atoms in total. The number of carbonyl (C=O) groups excluding carboxylic acids is 1. The molecule has 1 aliphatic heterocycles. The molecule has 0 fully saturated rings. The Bertz CT molecular complexity index is 697. The van der Waals surface area contributed by atoms with Crippen LogP contribution in [0.15, 0.2) is 48.5 Å². The first-order chi connectivity index (χ1) is 11.7. The molecule has 1 amide bonds. The summed E-state index contributed by atoms with van der Waals surface area (Å²) in [5.74, 6) is 0.972. The lowest BCUT2D eigenvalue weighted by atomic mass is 10.0. The summed E-state index contributed by atoms with van der Waals surface area (Å²) < 4.78 is 5.17. The topological polar surface area (TPSA) is 32.8 Å². The molecule has 1 heterocycles. The molecule has 126 valence electrons. The predicted octanol–water partition coefficient (Wildman–Crippen LogP) is 3.11. The number of hydrogen-bond donors (Lipinski definition) is 0. The summed E-state index contributed by atoms with van der Waals surface area (Å²) in [6, 6.07) is 16.2. The van der Waals surface area contributed by atoms with E-state index in [1.165, 1.54) is 11.3 Å². The lowest BCUT2D eigenvalue weighted by molar-refractivity contribution is -0.128. The van der Waals surface area contributed by atoms with Gasteiger partial charge in [0.05, 0.1) is 13.7 Å². The summed E-state index contributed by atoms with van der Waals surface area (Å²) in [7, 11) is 3.52. The number of fused-ring (bicyclic) bond motifs is 1. The molecule has 0 spiro atoms. The molecule has 0 unspecified atom stereocenters. The van der Waals surface area contributed by atoms with Gasteiger partial charge in [0.1, 0.15) is 5.75 Å². The number of methoxy groups -OCH3 is 1. The van der Waals surface area contributed by atoms with Crippen LogP contribution in [0.5, 0.6) is 5.75 Å². The number of rotatable bonds is 5. The third-order valence-corrected chi connectivity index (χ3v) is 4.54. The van der Waals surface area contributed by atoms with E-state index in [0.29, 0.717) is 13.1 Å². The zero-order valence-electron chi connectivity index (χ0n) is 14.4. The van der Waals surface area contributed by atoms with Crippen LogP contribution >= 0.6 is 0 Å². The SMILES string of the molecule is COc1ccc(CN(C)C(=O)CN2CCCc3ccccc32)cc1. The van der Waals surface area contributed by atoms with Gasteiger partial charge in [0.2, 0.25) is 5.91 Å². The van der Waals surface area contributed by atoms with Gasteiger partial charge in [-0.25, -0.2) is 0 Å². The Kier molecular flexibility index (Phi) is 5.04. The number of carbonyl (C=O) groups is 1. The quantitative estimate of drug-likeness (QED) is 0.847. The lowest BCUT2D eigenvalue weighted by Gasteiger charge is -2.32. The van der Waals surface area contributed by atoms with Crippen LogP contribution in [-0.2, 0) is 17.8 Å². The standard InChI is InChI=1S/C20H24N2O2/c1-21(14-16-9-11-18(24-2)12-10-16)20(23)15-22-13-5-7-17-6-3-4-8-19(17)22/h3-4,6,8-12H,5,7,13-15H2,1-2H3. The van der Waals surface area contributed by atoms with E-state index in [-0.39, 0.29) is 5.91 Å². The van der Waals surface area contributed by atoms with Crippen LogP contribution < -0.4 is 9.64 Å². The molecule has 0 aromatic heterocycles. The van der Waals surface area contributed by atoms with Crippen LogP contribution in [0.1, 0.15) is 17.5 Å². The van der Waals surface area contributed by atoms with Crippen molar-refractivity contribution in [3.63, 3.8) is 0 Å².